The molecule has 0 saturated carbocycles. The van der Waals surface area contributed by atoms with Gasteiger partial charge >= 0.3 is 0 Å². The van der Waals surface area contributed by atoms with E-state index in [1.165, 1.54) is 0 Å². The van der Waals surface area contributed by atoms with Gasteiger partial charge in [-0.3, -0.25) is 0 Å². The smallest absolute Gasteiger partial charge is 0.100 e. The molecule has 74 valence electrons. The molecule has 0 bridgehead atoms. The molecule has 14 heavy (non-hydrogen) atoms. The largest absolute Gasteiger partial charge is 0.250 e. The van der Waals surface area contributed by atoms with Crippen molar-refractivity contribution in [3.8, 4) is 0 Å². The molecule has 0 aromatic carbocycles. The van der Waals surface area contributed by atoms with E-state index in [0.717, 1.165) is 11.4 Å². The van der Waals surface area contributed by atoms with Crippen LogP contribution in [0.2, 0.25) is 0 Å². The molecule has 0 amide bonds. The molecule has 1 nitrogen and oxygen atoms in total. The average molecular weight is 205 g/mol. The van der Waals surface area contributed by atoms with Gasteiger partial charge < -0.3 is 0 Å². The SMILES string of the molecule is C=CCC(C)/C=C/Sc1ccccn1. The van der Waals surface area contributed by atoms with Gasteiger partial charge in [0.25, 0.3) is 0 Å². The van der Waals surface area contributed by atoms with Crippen LogP contribution in [-0.2, 0) is 0 Å². The molecule has 1 aromatic heterocycles. The van der Waals surface area contributed by atoms with Gasteiger partial charge in [0, 0.05) is 6.20 Å². The molecule has 0 N–H and O–H groups in total. The molecule has 1 rings (SSSR count). The highest BCUT2D eigenvalue weighted by atomic mass is 32.2. The molecule has 1 aromatic rings. The molecule has 1 unspecified atom stereocenters. The summed E-state index contributed by atoms with van der Waals surface area (Å²) >= 11 is 1.65. The van der Waals surface area contributed by atoms with Crippen molar-refractivity contribution < 1.29 is 0 Å². The number of thioether (sulfide) groups is 1. The third-order valence-electron chi connectivity index (χ3n) is 1.77. The van der Waals surface area contributed by atoms with E-state index in [4.69, 9.17) is 0 Å². The zero-order valence-corrected chi connectivity index (χ0v) is 9.20. The second-order valence-electron chi connectivity index (χ2n) is 3.12. The third-order valence-corrected chi connectivity index (χ3v) is 2.55. The molecule has 0 aliphatic carbocycles. The normalized spacial score (nSPS) is 12.9. The van der Waals surface area contributed by atoms with E-state index < -0.39 is 0 Å². The Morgan fingerprint density at radius 3 is 3.07 bits per heavy atom. The Balaban J connectivity index is 2.37. The van der Waals surface area contributed by atoms with Crippen LogP contribution in [0.25, 0.3) is 0 Å². The maximum absolute atomic E-state index is 4.21. The summed E-state index contributed by atoms with van der Waals surface area (Å²) in [4.78, 5) is 4.21. The Morgan fingerprint density at radius 1 is 1.57 bits per heavy atom. The van der Waals surface area contributed by atoms with Crippen LogP contribution >= 0.6 is 11.8 Å². The van der Waals surface area contributed by atoms with E-state index in [1.54, 1.807) is 11.8 Å². The van der Waals surface area contributed by atoms with Gasteiger partial charge in [0.15, 0.2) is 0 Å². The van der Waals surface area contributed by atoms with Crippen molar-refractivity contribution in [1.29, 1.82) is 0 Å². The molecule has 2 heteroatoms. The third kappa shape index (κ3) is 4.28. The van der Waals surface area contributed by atoms with Crippen LogP contribution in [0.15, 0.2) is 53.6 Å². The van der Waals surface area contributed by atoms with Gasteiger partial charge in [-0.1, -0.05) is 36.9 Å². The van der Waals surface area contributed by atoms with Crippen molar-refractivity contribution in [2.24, 2.45) is 5.92 Å². The second-order valence-corrected chi connectivity index (χ2v) is 4.04. The van der Waals surface area contributed by atoms with Gasteiger partial charge in [-0.15, -0.1) is 6.58 Å². The molecule has 0 spiro atoms. The van der Waals surface area contributed by atoms with Crippen LogP contribution in [0.3, 0.4) is 0 Å². The first kappa shape index (κ1) is 11.1. The number of rotatable bonds is 5. The Bertz CT molecular complexity index is 292. The zero-order valence-electron chi connectivity index (χ0n) is 8.39. The number of allylic oxidation sites excluding steroid dienone is 2. The average Bonchev–Trinajstić information content (AvgIpc) is 2.20. The maximum atomic E-state index is 4.21. The highest BCUT2D eigenvalue weighted by Crippen LogP contribution is 2.17. The molecule has 1 heterocycles. The highest BCUT2D eigenvalue weighted by Gasteiger charge is 1.92. The van der Waals surface area contributed by atoms with Gasteiger partial charge in [0.2, 0.25) is 0 Å². The van der Waals surface area contributed by atoms with Gasteiger partial charge in [0.1, 0.15) is 5.03 Å². The number of hydrogen-bond donors (Lipinski definition) is 0. The molecule has 0 saturated heterocycles. The van der Waals surface area contributed by atoms with E-state index in [-0.39, 0.29) is 0 Å². The fourth-order valence-electron chi connectivity index (χ4n) is 1.00. The fourth-order valence-corrected chi connectivity index (χ4v) is 1.77. The maximum Gasteiger partial charge on any atom is 0.100 e. The Kier molecular flexibility index (Phi) is 5.08. The lowest BCUT2D eigenvalue weighted by atomic mass is 10.1. The predicted octanol–water partition coefficient (Wildman–Crippen LogP) is 3.90. The van der Waals surface area contributed by atoms with Crippen molar-refractivity contribution in [3.05, 3.63) is 48.5 Å². The minimum atomic E-state index is 0.559. The monoisotopic (exact) mass is 205 g/mol. The Labute approximate surface area is 89.9 Å². The quantitative estimate of drug-likeness (QED) is 0.534. The summed E-state index contributed by atoms with van der Waals surface area (Å²) in [5, 5.41) is 3.13. The molecule has 0 aliphatic heterocycles. The molecule has 0 aliphatic rings. The molecular formula is C12H15NS. The van der Waals surface area contributed by atoms with Crippen molar-refractivity contribution in [2.75, 3.05) is 0 Å². The van der Waals surface area contributed by atoms with Crippen molar-refractivity contribution >= 4 is 11.8 Å². The van der Waals surface area contributed by atoms with Crippen molar-refractivity contribution in [1.82, 2.24) is 4.98 Å². The van der Waals surface area contributed by atoms with E-state index in [9.17, 15) is 0 Å². The minimum Gasteiger partial charge on any atom is -0.250 e. The lowest BCUT2D eigenvalue weighted by Crippen LogP contribution is -1.84. The molecule has 0 fully saturated rings. The predicted molar refractivity (Wildman–Crippen MR) is 63.2 cm³/mol. The zero-order chi connectivity index (χ0) is 10.2. The molecule has 0 radical (unpaired) electrons. The van der Waals surface area contributed by atoms with Gasteiger partial charge in [-0.25, -0.2) is 4.98 Å². The number of hydrogen-bond acceptors (Lipinski definition) is 2. The van der Waals surface area contributed by atoms with Crippen LogP contribution in [0, 0.1) is 5.92 Å². The topological polar surface area (TPSA) is 12.9 Å². The number of nitrogens with zero attached hydrogens (tertiary/aromatic N) is 1. The first-order chi connectivity index (χ1) is 6.83. The number of aromatic nitrogens is 1. The second kappa shape index (κ2) is 6.44. The van der Waals surface area contributed by atoms with Gasteiger partial charge in [-0.05, 0) is 29.9 Å². The van der Waals surface area contributed by atoms with Crippen LogP contribution in [-0.4, -0.2) is 4.98 Å². The van der Waals surface area contributed by atoms with Crippen molar-refractivity contribution in [2.45, 2.75) is 18.4 Å². The van der Waals surface area contributed by atoms with Gasteiger partial charge in [-0.2, -0.15) is 0 Å². The summed E-state index contributed by atoms with van der Waals surface area (Å²) < 4.78 is 0. The van der Waals surface area contributed by atoms with Gasteiger partial charge in [0.05, 0.1) is 0 Å². The summed E-state index contributed by atoms with van der Waals surface area (Å²) in [6.45, 7) is 5.89. The minimum absolute atomic E-state index is 0.559. The fraction of sp³-hybridized carbons (Fsp3) is 0.250. The highest BCUT2D eigenvalue weighted by molar-refractivity contribution is 8.02. The summed E-state index contributed by atoms with van der Waals surface area (Å²) in [5.41, 5.74) is 0. The van der Waals surface area contributed by atoms with E-state index in [0.29, 0.717) is 5.92 Å². The van der Waals surface area contributed by atoms with Crippen molar-refractivity contribution in [3.63, 3.8) is 0 Å². The molecular weight excluding hydrogens is 190 g/mol. The lowest BCUT2D eigenvalue weighted by molar-refractivity contribution is 0.747. The first-order valence-corrected chi connectivity index (χ1v) is 5.56. The Morgan fingerprint density at radius 2 is 2.43 bits per heavy atom. The van der Waals surface area contributed by atoms with Crippen LogP contribution in [0.4, 0.5) is 0 Å². The van der Waals surface area contributed by atoms with Crippen LogP contribution in [0.5, 0.6) is 0 Å². The number of pyridine rings is 1. The summed E-state index contributed by atoms with van der Waals surface area (Å²) in [5.74, 6) is 0.559. The molecule has 1 atom stereocenters. The Hall–Kier alpha value is -1.02. The summed E-state index contributed by atoms with van der Waals surface area (Å²) in [6, 6.07) is 5.93. The van der Waals surface area contributed by atoms with E-state index in [2.05, 4.69) is 30.0 Å². The van der Waals surface area contributed by atoms with E-state index in [1.807, 2.05) is 30.5 Å². The summed E-state index contributed by atoms with van der Waals surface area (Å²) in [7, 11) is 0. The lowest BCUT2D eigenvalue weighted by Gasteiger charge is -1.99. The first-order valence-electron chi connectivity index (χ1n) is 4.68. The van der Waals surface area contributed by atoms with E-state index >= 15 is 0 Å². The van der Waals surface area contributed by atoms with Crippen LogP contribution < -0.4 is 0 Å². The standard InChI is InChI=1S/C12H15NS/c1-3-6-11(2)8-10-14-12-7-4-5-9-13-12/h3-5,7-11H,1,6H2,2H3/b10-8+. The van der Waals surface area contributed by atoms with Crippen LogP contribution in [0.1, 0.15) is 13.3 Å². The summed E-state index contributed by atoms with van der Waals surface area (Å²) in [6.07, 6.45) is 6.96.